The zero-order valence-corrected chi connectivity index (χ0v) is 32.4. The Morgan fingerprint density at radius 2 is 1.71 bits per heavy atom. The highest BCUT2D eigenvalue weighted by molar-refractivity contribution is 5.96. The number of hydrogen-bond donors (Lipinski definition) is 5. The Morgan fingerprint density at radius 3 is 2.32 bits per heavy atom. The average Bonchev–Trinajstić information content (AvgIpc) is 4.09. The van der Waals surface area contributed by atoms with Crippen molar-refractivity contribution in [2.45, 2.75) is 139 Å². The molecule has 6 fully saturated rings. The number of aliphatic hydroxyl groups is 3. The highest BCUT2D eigenvalue weighted by Crippen LogP contribution is 2.63. The third kappa shape index (κ3) is 8.06. The molecule has 7 rings (SSSR count). The van der Waals surface area contributed by atoms with E-state index in [1.54, 1.807) is 26.8 Å². The van der Waals surface area contributed by atoms with Gasteiger partial charge in [0.25, 0.3) is 0 Å². The van der Waals surface area contributed by atoms with Crippen molar-refractivity contribution < 1.29 is 63.0 Å². The number of carbonyl (C=O) groups excluding carboxylic acids is 4. The Kier molecular flexibility index (Phi) is 11.6. The van der Waals surface area contributed by atoms with Crippen molar-refractivity contribution in [2.75, 3.05) is 19.8 Å². The van der Waals surface area contributed by atoms with Gasteiger partial charge in [0, 0.05) is 24.7 Å². The molecule has 3 saturated heterocycles. The zero-order valence-electron chi connectivity index (χ0n) is 32.4. The second kappa shape index (κ2) is 16.0. The van der Waals surface area contributed by atoms with Crippen LogP contribution in [0, 0.1) is 17.3 Å². The van der Waals surface area contributed by atoms with E-state index < -0.39 is 95.8 Å². The van der Waals surface area contributed by atoms with Crippen molar-refractivity contribution in [3.63, 3.8) is 0 Å². The lowest BCUT2D eigenvalue weighted by molar-refractivity contribution is -0.235. The maximum atomic E-state index is 14.9. The van der Waals surface area contributed by atoms with Gasteiger partial charge >= 0.3 is 11.9 Å². The predicted molar refractivity (Wildman–Crippen MR) is 195 cm³/mol. The molecule has 3 aliphatic heterocycles. The van der Waals surface area contributed by atoms with E-state index in [-0.39, 0.29) is 50.9 Å². The molecular weight excluding hydrogens is 730 g/mol. The third-order valence-corrected chi connectivity index (χ3v) is 11.5. The van der Waals surface area contributed by atoms with Crippen molar-refractivity contribution >= 4 is 29.8 Å². The van der Waals surface area contributed by atoms with Gasteiger partial charge in [-0.15, -0.1) is 0 Å². The first-order chi connectivity index (χ1) is 26.7. The van der Waals surface area contributed by atoms with Gasteiger partial charge in [-0.2, -0.15) is 5.06 Å². The Bertz CT molecular complexity index is 1640. The van der Waals surface area contributed by atoms with E-state index in [9.17, 15) is 29.4 Å². The van der Waals surface area contributed by atoms with E-state index in [0.29, 0.717) is 0 Å². The Balaban J connectivity index is 1.14. The van der Waals surface area contributed by atoms with E-state index in [1.807, 2.05) is 24.3 Å². The largest absolute Gasteiger partial charge is 0.499 e. The van der Waals surface area contributed by atoms with Crippen LogP contribution in [0.1, 0.15) is 83.8 Å². The molecule has 308 valence electrons. The summed E-state index contributed by atoms with van der Waals surface area (Å²) in [5, 5.41) is 36.8. The van der Waals surface area contributed by atoms with E-state index >= 15 is 0 Å². The number of nitrogens with one attached hydrogen (secondary N) is 2. The fraction of sp³-hybridized carbons (Fsp3) is 0.700. The van der Waals surface area contributed by atoms with Crippen molar-refractivity contribution in [2.24, 2.45) is 17.3 Å². The average molecular weight is 786 g/mol. The standard InChI is InChI=1S/C40H55N3O13/c1-22(46)30(35(48)41-27(21-45)13-14-29(47)53-38(2,3)4)42-37(50)39-19-28-31-32(55-40(54-31,25-9-10-25)26-11-12-26)34(39)56-43(33(39)36(49)52-28)20-24-7-5-23(6-8-24)15-17-51-18-16-44/h5-8,15,17,22,25-28,30-34,44-46H,9-14,16,18-21H2,1-4H3,(H,41,48)(H,42,50). The molecule has 9 atom stereocenters. The molecule has 1 aromatic rings. The lowest BCUT2D eigenvalue weighted by atomic mass is 9.62. The van der Waals surface area contributed by atoms with Crippen LogP contribution in [-0.2, 0) is 54.2 Å². The number of carbonyl (C=O) groups is 4. The zero-order chi connectivity index (χ0) is 40.0. The molecule has 6 aliphatic rings. The van der Waals surface area contributed by atoms with Crippen molar-refractivity contribution in [3.8, 4) is 0 Å². The van der Waals surface area contributed by atoms with Crippen LogP contribution in [0.4, 0.5) is 0 Å². The quantitative estimate of drug-likeness (QED) is 0.0855. The monoisotopic (exact) mass is 785 g/mol. The fourth-order valence-electron chi connectivity index (χ4n) is 8.69. The number of aliphatic hydroxyl groups excluding tert-OH is 3. The molecular formula is C40H55N3O13. The smallest absolute Gasteiger partial charge is 0.327 e. The van der Waals surface area contributed by atoms with Crippen LogP contribution in [0.15, 0.2) is 30.5 Å². The number of ether oxygens (including phenoxy) is 5. The van der Waals surface area contributed by atoms with Gasteiger partial charge in [-0.25, -0.2) is 0 Å². The summed E-state index contributed by atoms with van der Waals surface area (Å²) in [5.41, 5.74) is -0.688. The van der Waals surface area contributed by atoms with Gasteiger partial charge in [-0.05, 0) is 77.0 Å². The van der Waals surface area contributed by atoms with E-state index in [4.69, 9.17) is 33.6 Å². The summed E-state index contributed by atoms with van der Waals surface area (Å²) in [5.74, 6) is -3.11. The molecule has 0 aromatic heterocycles. The van der Waals surface area contributed by atoms with Crippen LogP contribution in [-0.4, -0.2) is 124 Å². The molecule has 16 nitrogen and oxygen atoms in total. The summed E-state index contributed by atoms with van der Waals surface area (Å²) in [7, 11) is 0. The van der Waals surface area contributed by atoms with E-state index in [2.05, 4.69) is 10.6 Å². The van der Waals surface area contributed by atoms with E-state index in [1.165, 1.54) is 18.2 Å². The lowest BCUT2D eigenvalue weighted by Gasteiger charge is -2.49. The van der Waals surface area contributed by atoms with Gasteiger partial charge in [-0.1, -0.05) is 24.3 Å². The summed E-state index contributed by atoms with van der Waals surface area (Å²) in [4.78, 5) is 61.8. The van der Waals surface area contributed by atoms with Gasteiger partial charge in [0.15, 0.2) is 11.8 Å². The number of benzene rings is 1. The molecule has 2 bridgehead atoms. The van der Waals surface area contributed by atoms with Gasteiger partial charge in [0.1, 0.15) is 48.1 Å². The van der Waals surface area contributed by atoms with Crippen LogP contribution in [0.3, 0.4) is 0 Å². The van der Waals surface area contributed by atoms with Gasteiger partial charge < -0.3 is 49.6 Å². The van der Waals surface area contributed by atoms with Crippen molar-refractivity contribution in [1.82, 2.24) is 15.7 Å². The predicted octanol–water partition coefficient (Wildman–Crippen LogP) is 1.23. The lowest BCUT2D eigenvalue weighted by Crippen LogP contribution is -2.71. The minimum atomic E-state index is -1.60. The fourth-order valence-corrected chi connectivity index (χ4v) is 8.69. The number of hydroxylamine groups is 2. The van der Waals surface area contributed by atoms with Crippen LogP contribution in [0.5, 0.6) is 0 Å². The van der Waals surface area contributed by atoms with E-state index in [0.717, 1.165) is 36.8 Å². The van der Waals surface area contributed by atoms with Crippen LogP contribution >= 0.6 is 0 Å². The summed E-state index contributed by atoms with van der Waals surface area (Å²) in [6.45, 7) is 6.25. The third-order valence-electron chi connectivity index (χ3n) is 11.5. The Labute approximate surface area is 326 Å². The molecule has 3 heterocycles. The molecule has 0 spiro atoms. The summed E-state index contributed by atoms with van der Waals surface area (Å²) < 4.78 is 30.3. The molecule has 1 aromatic carbocycles. The minimum absolute atomic E-state index is 0.0349. The summed E-state index contributed by atoms with van der Waals surface area (Å²) in [6, 6.07) is 3.84. The molecule has 3 aliphatic carbocycles. The first-order valence-electron chi connectivity index (χ1n) is 19.8. The van der Waals surface area contributed by atoms with Crippen LogP contribution in [0.25, 0.3) is 6.08 Å². The first-order valence-corrected chi connectivity index (χ1v) is 19.8. The number of rotatable bonds is 17. The molecule has 3 saturated carbocycles. The van der Waals surface area contributed by atoms with Crippen LogP contribution < -0.4 is 10.6 Å². The molecule has 9 unspecified atom stereocenters. The SMILES string of the molecule is CC(O)C(NC(=O)C12CC3OC(=O)C1N(Cc1ccc(C=COCCO)cc1)OC2C1OC(C2CC2)(C2CC2)OC31)C(=O)NC(CO)CCC(=O)OC(C)(C)C. The first kappa shape index (κ1) is 40.6. The molecule has 56 heavy (non-hydrogen) atoms. The number of nitrogens with zero attached hydrogens (tertiary/aromatic N) is 1. The number of amides is 2. The molecule has 5 N–H and O–H groups in total. The second-order valence-corrected chi connectivity index (χ2v) is 17.0. The van der Waals surface area contributed by atoms with Crippen molar-refractivity contribution in [3.05, 3.63) is 41.7 Å². The maximum absolute atomic E-state index is 14.9. The minimum Gasteiger partial charge on any atom is -0.499 e. The molecule has 2 amide bonds. The van der Waals surface area contributed by atoms with Crippen molar-refractivity contribution in [1.29, 1.82) is 0 Å². The molecule has 0 radical (unpaired) electrons. The maximum Gasteiger partial charge on any atom is 0.327 e. The molecule has 16 heteroatoms. The highest BCUT2D eigenvalue weighted by atomic mass is 16.8. The van der Waals surface area contributed by atoms with Gasteiger partial charge in [0.05, 0.1) is 38.2 Å². The topological polar surface area (TPSA) is 212 Å². The normalized spacial score (nSPS) is 30.9. The Morgan fingerprint density at radius 1 is 1.04 bits per heavy atom. The number of hydrogen-bond acceptors (Lipinski definition) is 14. The second-order valence-electron chi connectivity index (χ2n) is 17.0. The number of esters is 2. The highest BCUT2D eigenvalue weighted by Gasteiger charge is 2.78. The summed E-state index contributed by atoms with van der Waals surface area (Å²) in [6.07, 6.45) is 2.41. The Hall–Kier alpha value is -3.64. The van der Waals surface area contributed by atoms with Gasteiger partial charge in [0.2, 0.25) is 11.8 Å². The number of fused-ring (bicyclic) bond motifs is 4. The van der Waals surface area contributed by atoms with Gasteiger partial charge in [-0.3, -0.25) is 24.0 Å². The van der Waals surface area contributed by atoms with Crippen LogP contribution in [0.2, 0.25) is 0 Å². The summed E-state index contributed by atoms with van der Waals surface area (Å²) >= 11 is 0.